The molecule has 0 fully saturated rings. The average Bonchev–Trinajstić information content (AvgIpc) is 3.75. The molecule has 0 radical (unpaired) electrons. The Morgan fingerprint density at radius 1 is 0.950 bits per heavy atom. The molecule has 198 valence electrons. The maximum atomic E-state index is 13.9. The number of hydrogen-bond donors (Lipinski definition) is 0. The van der Waals surface area contributed by atoms with Gasteiger partial charge in [0, 0.05) is 17.2 Å². The van der Waals surface area contributed by atoms with Crippen LogP contribution in [0, 0.1) is 11.7 Å². The zero-order valence-electron chi connectivity index (χ0n) is 21.4. The van der Waals surface area contributed by atoms with Gasteiger partial charge in [-0.25, -0.2) is 9.40 Å². The lowest BCUT2D eigenvalue weighted by molar-refractivity contribution is -0.130. The molecule has 1 aliphatic carbocycles. The number of nitrogens with zero attached hydrogens (tertiary/aromatic N) is 5. The SMILES string of the molecule is O=C(CSc1nnc(-c2ccco2)n1-c1ccccc1)N1N=C2c3ccccc3CC[C@H]2[C@H]1c1ccc(F)cc1. The van der Waals surface area contributed by atoms with E-state index in [9.17, 15) is 9.18 Å². The van der Waals surface area contributed by atoms with E-state index < -0.39 is 0 Å². The van der Waals surface area contributed by atoms with Gasteiger partial charge in [-0.05, 0) is 60.4 Å². The quantitative estimate of drug-likeness (QED) is 0.232. The van der Waals surface area contributed by atoms with Crippen molar-refractivity contribution in [3.8, 4) is 17.3 Å². The molecule has 5 aromatic rings. The van der Waals surface area contributed by atoms with Gasteiger partial charge >= 0.3 is 0 Å². The van der Waals surface area contributed by atoms with Crippen molar-refractivity contribution in [1.29, 1.82) is 0 Å². The molecule has 0 unspecified atom stereocenters. The molecule has 40 heavy (non-hydrogen) atoms. The Kier molecular flexibility index (Phi) is 6.28. The summed E-state index contributed by atoms with van der Waals surface area (Å²) >= 11 is 1.30. The highest BCUT2D eigenvalue weighted by Crippen LogP contribution is 2.43. The Labute approximate surface area is 234 Å². The van der Waals surface area contributed by atoms with Gasteiger partial charge in [0.25, 0.3) is 5.91 Å². The third kappa shape index (κ3) is 4.32. The summed E-state index contributed by atoms with van der Waals surface area (Å²) in [5.74, 6) is 0.817. The number of hydrazone groups is 1. The normalized spacial score (nSPS) is 17.8. The van der Waals surface area contributed by atoms with Crippen LogP contribution in [0.2, 0.25) is 0 Å². The monoisotopic (exact) mass is 549 g/mol. The van der Waals surface area contributed by atoms with Gasteiger partial charge in [0.1, 0.15) is 5.82 Å². The smallest absolute Gasteiger partial charge is 0.253 e. The van der Waals surface area contributed by atoms with Crippen molar-refractivity contribution in [1.82, 2.24) is 19.8 Å². The first kappa shape index (κ1) is 24.5. The molecule has 7 nitrogen and oxygen atoms in total. The van der Waals surface area contributed by atoms with Crippen molar-refractivity contribution in [3.63, 3.8) is 0 Å². The fourth-order valence-electron chi connectivity index (χ4n) is 5.60. The molecular formula is C31H24FN5O2S. The van der Waals surface area contributed by atoms with E-state index in [0.717, 1.165) is 35.4 Å². The van der Waals surface area contributed by atoms with E-state index in [1.807, 2.05) is 53.1 Å². The summed E-state index contributed by atoms with van der Waals surface area (Å²) in [6, 6.07) is 27.7. The van der Waals surface area contributed by atoms with E-state index in [1.165, 1.54) is 29.5 Å². The molecule has 3 aromatic carbocycles. The molecule has 2 aliphatic rings. The van der Waals surface area contributed by atoms with Gasteiger partial charge in [0.15, 0.2) is 10.9 Å². The fraction of sp³-hybridized carbons (Fsp3) is 0.161. The van der Waals surface area contributed by atoms with Crippen LogP contribution >= 0.6 is 11.8 Å². The third-order valence-corrected chi connectivity index (χ3v) is 8.32. The number of aryl methyl sites for hydroxylation is 1. The highest BCUT2D eigenvalue weighted by atomic mass is 32.2. The first-order valence-electron chi connectivity index (χ1n) is 13.1. The molecule has 0 saturated heterocycles. The molecule has 1 aliphatic heterocycles. The molecule has 9 heteroatoms. The van der Waals surface area contributed by atoms with E-state index in [1.54, 1.807) is 29.5 Å². The molecule has 0 saturated carbocycles. The van der Waals surface area contributed by atoms with Crippen molar-refractivity contribution in [2.24, 2.45) is 11.0 Å². The van der Waals surface area contributed by atoms with Gasteiger partial charge in [0.2, 0.25) is 5.82 Å². The number of benzene rings is 3. The van der Waals surface area contributed by atoms with Crippen LogP contribution in [0.1, 0.15) is 29.2 Å². The summed E-state index contributed by atoms with van der Waals surface area (Å²) in [6.07, 6.45) is 3.36. The van der Waals surface area contributed by atoms with Crippen molar-refractivity contribution in [2.75, 3.05) is 5.75 Å². The van der Waals surface area contributed by atoms with Crippen LogP contribution in [-0.2, 0) is 11.2 Å². The zero-order valence-corrected chi connectivity index (χ0v) is 22.2. The molecule has 1 amide bonds. The Balaban J connectivity index is 1.21. The molecule has 3 heterocycles. The second kappa shape index (κ2) is 10.2. The number of fused-ring (bicyclic) bond motifs is 3. The summed E-state index contributed by atoms with van der Waals surface area (Å²) in [6.45, 7) is 0. The molecule has 0 N–H and O–H groups in total. The van der Waals surface area contributed by atoms with Gasteiger partial charge < -0.3 is 4.42 Å². The number of carbonyl (C=O) groups excluding carboxylic acids is 1. The standard InChI is InChI=1S/C31H24FN5O2S/c32-22-15-12-21(13-16-22)29-25-17-14-20-7-4-5-10-24(20)28(25)35-37(29)27(38)19-40-31-34-33-30(26-11-6-18-39-26)36(31)23-8-2-1-3-9-23/h1-13,15-16,18,25,29H,14,17,19H2/t25-,29-/m1/s1. The minimum atomic E-state index is -0.307. The fourth-order valence-corrected chi connectivity index (χ4v) is 6.40. The van der Waals surface area contributed by atoms with E-state index in [-0.39, 0.29) is 29.4 Å². The largest absolute Gasteiger partial charge is 0.461 e. The zero-order chi connectivity index (χ0) is 27.1. The number of amides is 1. The summed E-state index contributed by atoms with van der Waals surface area (Å²) < 4.78 is 21.3. The molecule has 2 atom stereocenters. The van der Waals surface area contributed by atoms with E-state index in [2.05, 4.69) is 22.3 Å². The lowest BCUT2D eigenvalue weighted by Crippen LogP contribution is -2.33. The Morgan fingerprint density at radius 3 is 2.55 bits per heavy atom. The first-order valence-corrected chi connectivity index (χ1v) is 14.1. The molecule has 0 spiro atoms. The van der Waals surface area contributed by atoms with Crippen molar-refractivity contribution in [2.45, 2.75) is 24.0 Å². The lowest BCUT2D eigenvalue weighted by atomic mass is 9.77. The van der Waals surface area contributed by atoms with Crippen molar-refractivity contribution in [3.05, 3.63) is 120 Å². The van der Waals surface area contributed by atoms with Gasteiger partial charge in [-0.3, -0.25) is 9.36 Å². The minimum Gasteiger partial charge on any atom is -0.461 e. The van der Waals surface area contributed by atoms with E-state index >= 15 is 0 Å². The topological polar surface area (TPSA) is 76.5 Å². The Morgan fingerprint density at radius 2 is 1.75 bits per heavy atom. The highest BCUT2D eigenvalue weighted by molar-refractivity contribution is 7.99. The van der Waals surface area contributed by atoms with Gasteiger partial charge in [-0.2, -0.15) is 5.10 Å². The second-order valence-corrected chi connectivity index (χ2v) is 10.7. The molecule has 2 aromatic heterocycles. The van der Waals surface area contributed by atoms with Crippen LogP contribution in [0.4, 0.5) is 4.39 Å². The lowest BCUT2D eigenvalue weighted by Gasteiger charge is -2.29. The number of rotatable bonds is 6. The van der Waals surface area contributed by atoms with Crippen LogP contribution in [-0.4, -0.2) is 37.1 Å². The van der Waals surface area contributed by atoms with E-state index in [4.69, 9.17) is 9.52 Å². The summed E-state index contributed by atoms with van der Waals surface area (Å²) in [4.78, 5) is 13.9. The maximum Gasteiger partial charge on any atom is 0.253 e. The molecule has 7 rings (SSSR count). The van der Waals surface area contributed by atoms with Crippen LogP contribution in [0.5, 0.6) is 0 Å². The maximum absolute atomic E-state index is 13.9. The van der Waals surface area contributed by atoms with Crippen LogP contribution in [0.3, 0.4) is 0 Å². The summed E-state index contributed by atoms with van der Waals surface area (Å²) in [7, 11) is 0. The van der Waals surface area contributed by atoms with Crippen LogP contribution in [0.25, 0.3) is 17.3 Å². The van der Waals surface area contributed by atoms with Gasteiger partial charge in [-0.1, -0.05) is 66.4 Å². The summed E-state index contributed by atoms with van der Waals surface area (Å²) in [5, 5.41) is 15.8. The summed E-state index contributed by atoms with van der Waals surface area (Å²) in [5.41, 5.74) is 4.97. The van der Waals surface area contributed by atoms with Crippen LogP contribution < -0.4 is 0 Å². The van der Waals surface area contributed by atoms with Gasteiger partial charge in [0.05, 0.1) is 23.8 Å². The second-order valence-electron chi connectivity index (χ2n) is 9.77. The molecular weight excluding hydrogens is 525 g/mol. The third-order valence-electron chi connectivity index (χ3n) is 7.41. The number of halogens is 1. The number of para-hydroxylation sites is 1. The Bertz CT molecular complexity index is 1700. The number of carbonyl (C=O) groups is 1. The van der Waals surface area contributed by atoms with Crippen molar-refractivity contribution < 1.29 is 13.6 Å². The molecule has 0 bridgehead atoms. The van der Waals surface area contributed by atoms with Crippen molar-refractivity contribution >= 4 is 23.4 Å². The predicted octanol–water partition coefficient (Wildman–Crippen LogP) is 6.31. The average molecular weight is 550 g/mol. The number of aromatic nitrogens is 3. The highest BCUT2D eigenvalue weighted by Gasteiger charge is 2.43. The first-order chi connectivity index (χ1) is 19.7. The number of thioether (sulfide) groups is 1. The Hall–Kier alpha value is -4.50. The van der Waals surface area contributed by atoms with Crippen LogP contribution in [0.15, 0.2) is 112 Å². The van der Waals surface area contributed by atoms with Gasteiger partial charge in [-0.15, -0.1) is 10.2 Å². The number of furan rings is 1. The van der Waals surface area contributed by atoms with E-state index in [0.29, 0.717) is 16.7 Å². The predicted molar refractivity (Wildman–Crippen MR) is 151 cm³/mol. The minimum absolute atomic E-state index is 0.0350. The number of hydrogen-bond acceptors (Lipinski definition) is 6.